The third kappa shape index (κ3) is 2.75. The number of carbonyl (C=O) groups is 1. The van der Waals surface area contributed by atoms with Gasteiger partial charge in [-0.1, -0.05) is 32.9 Å². The molecule has 16 heavy (non-hydrogen) atoms. The van der Waals surface area contributed by atoms with Crippen LogP contribution in [0.15, 0.2) is 24.3 Å². The van der Waals surface area contributed by atoms with Gasteiger partial charge in [0, 0.05) is 12.2 Å². The molecule has 88 valence electrons. The van der Waals surface area contributed by atoms with Crippen LogP contribution in [-0.4, -0.2) is 12.6 Å². The molecule has 0 spiro atoms. The molecule has 0 atom stereocenters. The van der Waals surface area contributed by atoms with E-state index in [0.29, 0.717) is 6.54 Å². The van der Waals surface area contributed by atoms with E-state index in [-0.39, 0.29) is 5.41 Å². The summed E-state index contributed by atoms with van der Waals surface area (Å²) in [6, 6.07) is 7.55. The second kappa shape index (κ2) is 4.56. The normalized spacial score (nSPS) is 11.2. The van der Waals surface area contributed by atoms with Gasteiger partial charge < -0.3 is 5.73 Å². The van der Waals surface area contributed by atoms with Crippen molar-refractivity contribution in [2.75, 3.05) is 11.4 Å². The molecule has 1 rings (SSSR count). The molecule has 2 amide bonds. The molecule has 0 saturated carbocycles. The average Bonchev–Trinajstić information content (AvgIpc) is 2.17. The number of nitrogens with zero attached hydrogens (tertiary/aromatic N) is 1. The van der Waals surface area contributed by atoms with E-state index in [0.717, 1.165) is 5.69 Å². The molecule has 0 heterocycles. The van der Waals surface area contributed by atoms with E-state index in [1.165, 1.54) is 5.56 Å². The van der Waals surface area contributed by atoms with Gasteiger partial charge in [0.1, 0.15) is 0 Å². The summed E-state index contributed by atoms with van der Waals surface area (Å²) < 4.78 is 0. The fraction of sp³-hybridized carbons (Fsp3) is 0.462. The Kier molecular flexibility index (Phi) is 3.58. The zero-order chi connectivity index (χ0) is 12.3. The monoisotopic (exact) mass is 220 g/mol. The van der Waals surface area contributed by atoms with E-state index in [1.54, 1.807) is 4.90 Å². The largest absolute Gasteiger partial charge is 0.351 e. The Labute approximate surface area is 97.2 Å². The van der Waals surface area contributed by atoms with E-state index in [4.69, 9.17) is 5.73 Å². The Balaban J connectivity index is 2.98. The molecule has 0 aliphatic rings. The molecular formula is C13H20N2O. The molecular weight excluding hydrogens is 200 g/mol. The minimum absolute atomic E-state index is 0.127. The Bertz CT molecular complexity index is 363. The molecule has 0 fully saturated rings. The summed E-state index contributed by atoms with van der Waals surface area (Å²) in [5.41, 5.74) is 7.51. The molecule has 0 aliphatic carbocycles. The van der Waals surface area contributed by atoms with Crippen molar-refractivity contribution in [3.8, 4) is 0 Å². The summed E-state index contributed by atoms with van der Waals surface area (Å²) in [5.74, 6) is 0. The molecule has 0 aliphatic heterocycles. The minimum Gasteiger partial charge on any atom is -0.351 e. The van der Waals surface area contributed by atoms with E-state index < -0.39 is 6.03 Å². The number of hydrogen-bond acceptors (Lipinski definition) is 1. The lowest BCUT2D eigenvalue weighted by Crippen LogP contribution is -2.35. The summed E-state index contributed by atoms with van der Waals surface area (Å²) in [6.45, 7) is 8.97. The molecule has 0 aromatic heterocycles. The predicted octanol–water partition coefficient (Wildman–Crippen LogP) is 2.89. The second-order valence-corrected chi connectivity index (χ2v) is 4.88. The third-order valence-electron chi connectivity index (χ3n) is 2.63. The van der Waals surface area contributed by atoms with Crippen molar-refractivity contribution in [1.29, 1.82) is 0 Å². The van der Waals surface area contributed by atoms with Gasteiger partial charge in [0.15, 0.2) is 0 Å². The summed E-state index contributed by atoms with van der Waals surface area (Å²) in [6.07, 6.45) is 0. The van der Waals surface area contributed by atoms with Crippen molar-refractivity contribution in [1.82, 2.24) is 0 Å². The van der Waals surface area contributed by atoms with Gasteiger partial charge >= 0.3 is 6.03 Å². The van der Waals surface area contributed by atoms with Crippen LogP contribution in [0.5, 0.6) is 0 Å². The molecule has 0 bridgehead atoms. The lowest BCUT2D eigenvalue weighted by molar-refractivity contribution is 0.254. The van der Waals surface area contributed by atoms with Crippen molar-refractivity contribution < 1.29 is 4.79 Å². The molecule has 0 unspecified atom stereocenters. The number of amides is 2. The van der Waals surface area contributed by atoms with Crippen LogP contribution in [0.3, 0.4) is 0 Å². The maximum absolute atomic E-state index is 11.2. The van der Waals surface area contributed by atoms with Crippen LogP contribution in [0.25, 0.3) is 0 Å². The SMILES string of the molecule is CCN(C(N)=O)c1ccc(C(C)(C)C)cc1. The van der Waals surface area contributed by atoms with Gasteiger partial charge in [-0.2, -0.15) is 0 Å². The highest BCUT2D eigenvalue weighted by atomic mass is 16.2. The highest BCUT2D eigenvalue weighted by molar-refractivity contribution is 5.90. The quantitative estimate of drug-likeness (QED) is 0.818. The average molecular weight is 220 g/mol. The second-order valence-electron chi connectivity index (χ2n) is 4.88. The molecule has 1 aromatic rings. The number of urea groups is 1. The third-order valence-corrected chi connectivity index (χ3v) is 2.63. The Hall–Kier alpha value is -1.51. The van der Waals surface area contributed by atoms with Crippen molar-refractivity contribution in [2.45, 2.75) is 33.1 Å². The molecule has 0 saturated heterocycles. The first kappa shape index (κ1) is 12.6. The highest BCUT2D eigenvalue weighted by Crippen LogP contribution is 2.24. The molecule has 1 aromatic carbocycles. The minimum atomic E-state index is -0.411. The lowest BCUT2D eigenvalue weighted by atomic mass is 9.87. The van der Waals surface area contributed by atoms with Gasteiger partial charge in [-0.3, -0.25) is 4.90 Å². The predicted molar refractivity (Wildman–Crippen MR) is 67.7 cm³/mol. The Morgan fingerprint density at radius 2 is 1.75 bits per heavy atom. The van der Waals surface area contributed by atoms with E-state index in [1.807, 2.05) is 31.2 Å². The van der Waals surface area contributed by atoms with Crippen molar-refractivity contribution in [3.63, 3.8) is 0 Å². The number of carbonyl (C=O) groups excluding carboxylic acids is 1. The van der Waals surface area contributed by atoms with Crippen LogP contribution in [0.4, 0.5) is 10.5 Å². The van der Waals surface area contributed by atoms with Crippen molar-refractivity contribution in [3.05, 3.63) is 29.8 Å². The summed E-state index contributed by atoms with van der Waals surface area (Å²) >= 11 is 0. The molecule has 0 radical (unpaired) electrons. The molecule has 2 N–H and O–H groups in total. The van der Waals surface area contributed by atoms with Crippen molar-refractivity contribution in [2.24, 2.45) is 5.73 Å². The summed E-state index contributed by atoms with van der Waals surface area (Å²) in [5, 5.41) is 0. The standard InChI is InChI=1S/C13H20N2O/c1-5-15(12(14)16)11-8-6-10(7-9-11)13(2,3)4/h6-9H,5H2,1-4H3,(H2,14,16). The fourth-order valence-corrected chi connectivity index (χ4v) is 1.61. The zero-order valence-corrected chi connectivity index (χ0v) is 10.4. The van der Waals surface area contributed by atoms with Crippen LogP contribution < -0.4 is 10.6 Å². The summed E-state index contributed by atoms with van der Waals surface area (Å²) in [4.78, 5) is 12.7. The van der Waals surface area contributed by atoms with Crippen LogP contribution >= 0.6 is 0 Å². The fourth-order valence-electron chi connectivity index (χ4n) is 1.61. The van der Waals surface area contributed by atoms with Gasteiger partial charge in [-0.25, -0.2) is 4.79 Å². The number of hydrogen-bond donors (Lipinski definition) is 1. The highest BCUT2D eigenvalue weighted by Gasteiger charge is 2.15. The first-order valence-electron chi connectivity index (χ1n) is 5.53. The first-order chi connectivity index (χ1) is 7.36. The van der Waals surface area contributed by atoms with Crippen LogP contribution in [0.2, 0.25) is 0 Å². The van der Waals surface area contributed by atoms with E-state index in [9.17, 15) is 4.79 Å². The maximum atomic E-state index is 11.2. The topological polar surface area (TPSA) is 46.3 Å². The van der Waals surface area contributed by atoms with Gasteiger partial charge in [0.25, 0.3) is 0 Å². The zero-order valence-electron chi connectivity index (χ0n) is 10.4. The number of rotatable bonds is 2. The molecule has 3 heteroatoms. The van der Waals surface area contributed by atoms with Gasteiger partial charge in [0.05, 0.1) is 0 Å². The van der Waals surface area contributed by atoms with Crippen molar-refractivity contribution >= 4 is 11.7 Å². The maximum Gasteiger partial charge on any atom is 0.319 e. The number of nitrogens with two attached hydrogens (primary N) is 1. The van der Waals surface area contributed by atoms with Gasteiger partial charge in [-0.05, 0) is 30.0 Å². The van der Waals surface area contributed by atoms with E-state index >= 15 is 0 Å². The first-order valence-corrected chi connectivity index (χ1v) is 5.53. The lowest BCUT2D eigenvalue weighted by Gasteiger charge is -2.22. The Morgan fingerprint density at radius 1 is 1.25 bits per heavy atom. The number of benzene rings is 1. The van der Waals surface area contributed by atoms with Gasteiger partial charge in [0.2, 0.25) is 0 Å². The van der Waals surface area contributed by atoms with Gasteiger partial charge in [-0.15, -0.1) is 0 Å². The van der Waals surface area contributed by atoms with Crippen LogP contribution in [0, 0.1) is 0 Å². The Morgan fingerprint density at radius 3 is 2.06 bits per heavy atom. The van der Waals surface area contributed by atoms with Crippen LogP contribution in [-0.2, 0) is 5.41 Å². The number of primary amides is 1. The smallest absolute Gasteiger partial charge is 0.319 e. The molecule has 3 nitrogen and oxygen atoms in total. The van der Waals surface area contributed by atoms with E-state index in [2.05, 4.69) is 20.8 Å². The van der Waals surface area contributed by atoms with Crippen LogP contribution in [0.1, 0.15) is 33.3 Å². The number of anilines is 1. The summed E-state index contributed by atoms with van der Waals surface area (Å²) in [7, 11) is 0.